The van der Waals surface area contributed by atoms with Crippen LogP contribution in [-0.2, 0) is 4.74 Å². The van der Waals surface area contributed by atoms with Gasteiger partial charge in [-0.25, -0.2) is 0 Å². The van der Waals surface area contributed by atoms with E-state index in [4.69, 9.17) is 4.74 Å². The molecule has 0 bridgehead atoms. The highest BCUT2D eigenvalue weighted by Crippen LogP contribution is 1.88. The Hall–Kier alpha value is 0.180. The fraction of sp³-hybridized carbons (Fsp3) is 0.714. The molecule has 0 heterocycles. The topological polar surface area (TPSA) is 9.23 Å². The van der Waals surface area contributed by atoms with Crippen molar-refractivity contribution >= 4 is 15.9 Å². The zero-order chi connectivity index (χ0) is 6.95. The Labute approximate surface area is 65.2 Å². The molecule has 0 N–H and O–H groups in total. The number of halogens is 1. The van der Waals surface area contributed by atoms with E-state index in [1.807, 2.05) is 13.0 Å². The smallest absolute Gasteiger partial charge is 0.0647 e. The van der Waals surface area contributed by atoms with Crippen molar-refractivity contribution < 1.29 is 4.74 Å². The molecule has 0 aliphatic carbocycles. The van der Waals surface area contributed by atoms with Crippen LogP contribution in [-0.4, -0.2) is 18.5 Å². The molecule has 0 rings (SSSR count). The Balaban J connectivity index is 2.86. The van der Waals surface area contributed by atoms with Gasteiger partial charge in [0.15, 0.2) is 0 Å². The van der Waals surface area contributed by atoms with Crippen LogP contribution in [0.4, 0.5) is 0 Å². The molecule has 0 aromatic carbocycles. The number of rotatable bonds is 5. The average Bonchev–Trinajstić information content (AvgIpc) is 1.89. The highest BCUT2D eigenvalue weighted by molar-refractivity contribution is 9.09. The van der Waals surface area contributed by atoms with Crippen molar-refractivity contribution in [1.29, 1.82) is 0 Å². The van der Waals surface area contributed by atoms with Gasteiger partial charge in [0.1, 0.15) is 0 Å². The van der Waals surface area contributed by atoms with Crippen LogP contribution in [0.2, 0.25) is 0 Å². The quantitative estimate of drug-likeness (QED) is 0.370. The third-order valence-corrected chi connectivity index (χ3v) is 1.32. The molecule has 0 aliphatic heterocycles. The van der Waals surface area contributed by atoms with E-state index < -0.39 is 0 Å². The maximum absolute atomic E-state index is 5.08. The zero-order valence-corrected chi connectivity index (χ0v) is 7.36. The van der Waals surface area contributed by atoms with Gasteiger partial charge in [-0.2, -0.15) is 0 Å². The monoisotopic (exact) mass is 192 g/mol. The summed E-state index contributed by atoms with van der Waals surface area (Å²) in [6.07, 6.45) is 5.25. The normalized spacial score (nSPS) is 10.9. The maximum atomic E-state index is 5.08. The molecule has 0 aromatic rings. The first-order chi connectivity index (χ1) is 4.41. The van der Waals surface area contributed by atoms with Gasteiger partial charge in [0, 0.05) is 11.9 Å². The Morgan fingerprint density at radius 3 is 2.78 bits per heavy atom. The fourth-order valence-corrected chi connectivity index (χ4v) is 0.699. The minimum atomic E-state index is 0.753. The van der Waals surface area contributed by atoms with Gasteiger partial charge in [0.05, 0.1) is 6.61 Å². The second-order valence-corrected chi connectivity index (χ2v) is 2.40. The van der Waals surface area contributed by atoms with Gasteiger partial charge in [0.25, 0.3) is 0 Å². The van der Waals surface area contributed by atoms with Crippen LogP contribution in [0.5, 0.6) is 0 Å². The van der Waals surface area contributed by atoms with Gasteiger partial charge in [-0.1, -0.05) is 28.1 Å². The van der Waals surface area contributed by atoms with Crippen molar-refractivity contribution in [3.05, 3.63) is 12.2 Å². The van der Waals surface area contributed by atoms with Crippen LogP contribution in [0.1, 0.15) is 13.3 Å². The molecule has 0 atom stereocenters. The Bertz CT molecular complexity index is 71.3. The molecule has 0 fully saturated rings. The van der Waals surface area contributed by atoms with E-state index in [0.717, 1.165) is 25.0 Å². The molecule has 9 heavy (non-hydrogen) atoms. The van der Waals surface area contributed by atoms with Crippen molar-refractivity contribution in [3.63, 3.8) is 0 Å². The van der Waals surface area contributed by atoms with Crippen LogP contribution in [0.3, 0.4) is 0 Å². The van der Waals surface area contributed by atoms with Crippen molar-refractivity contribution in [2.24, 2.45) is 0 Å². The van der Waals surface area contributed by atoms with Crippen molar-refractivity contribution in [1.82, 2.24) is 0 Å². The Morgan fingerprint density at radius 2 is 2.22 bits per heavy atom. The summed E-state index contributed by atoms with van der Waals surface area (Å²) in [6, 6.07) is 0. The molecule has 0 aromatic heterocycles. The predicted octanol–water partition coefficient (Wildman–Crippen LogP) is 2.36. The van der Waals surface area contributed by atoms with E-state index in [1.54, 1.807) is 0 Å². The summed E-state index contributed by atoms with van der Waals surface area (Å²) >= 11 is 3.33. The van der Waals surface area contributed by atoms with Crippen LogP contribution in [0, 0.1) is 0 Å². The van der Waals surface area contributed by atoms with Gasteiger partial charge in [-0.05, 0) is 13.3 Å². The maximum Gasteiger partial charge on any atom is 0.0647 e. The van der Waals surface area contributed by atoms with E-state index in [2.05, 4.69) is 22.0 Å². The molecule has 0 amide bonds. The summed E-state index contributed by atoms with van der Waals surface area (Å²) < 4.78 is 5.08. The van der Waals surface area contributed by atoms with Crippen molar-refractivity contribution in [2.45, 2.75) is 13.3 Å². The lowest BCUT2D eigenvalue weighted by Gasteiger charge is -1.91. The molecule has 1 nitrogen and oxygen atoms in total. The van der Waals surface area contributed by atoms with Gasteiger partial charge in [-0.15, -0.1) is 0 Å². The first kappa shape index (κ1) is 9.18. The summed E-state index contributed by atoms with van der Waals surface area (Å²) in [5.74, 6) is 0. The SMILES string of the molecule is CCOCC=CCCBr. The molecule has 0 radical (unpaired) electrons. The molecule has 0 unspecified atom stereocenters. The van der Waals surface area contributed by atoms with Crippen molar-refractivity contribution in [3.8, 4) is 0 Å². The summed E-state index contributed by atoms with van der Waals surface area (Å²) in [5.41, 5.74) is 0. The molecule has 2 heteroatoms. The van der Waals surface area contributed by atoms with E-state index in [9.17, 15) is 0 Å². The number of hydrogen-bond donors (Lipinski definition) is 0. The lowest BCUT2D eigenvalue weighted by Crippen LogP contribution is -1.87. The third-order valence-electron chi connectivity index (χ3n) is 0.861. The summed E-state index contributed by atoms with van der Waals surface area (Å²) in [4.78, 5) is 0. The molecular formula is C7H13BrO. The molecule has 0 aliphatic rings. The molecule has 54 valence electrons. The second kappa shape index (κ2) is 8.18. The second-order valence-electron chi connectivity index (χ2n) is 1.61. The van der Waals surface area contributed by atoms with E-state index >= 15 is 0 Å². The number of alkyl halides is 1. The molecule has 0 spiro atoms. The summed E-state index contributed by atoms with van der Waals surface area (Å²) in [5, 5.41) is 1.04. The lowest BCUT2D eigenvalue weighted by atomic mass is 10.4. The van der Waals surface area contributed by atoms with Crippen molar-refractivity contribution in [2.75, 3.05) is 18.5 Å². The van der Waals surface area contributed by atoms with Crippen LogP contribution >= 0.6 is 15.9 Å². The lowest BCUT2D eigenvalue weighted by molar-refractivity contribution is 0.177. The number of hydrogen-bond acceptors (Lipinski definition) is 1. The highest BCUT2D eigenvalue weighted by atomic mass is 79.9. The largest absolute Gasteiger partial charge is 0.378 e. The average molecular weight is 193 g/mol. The number of allylic oxidation sites excluding steroid dienone is 1. The standard InChI is InChI=1S/C7H13BrO/c1-2-9-7-5-3-4-6-8/h3,5H,2,4,6-7H2,1H3. The summed E-state index contributed by atoms with van der Waals surface area (Å²) in [6.45, 7) is 3.56. The fourth-order valence-electron chi connectivity index (χ4n) is 0.435. The van der Waals surface area contributed by atoms with Crippen LogP contribution < -0.4 is 0 Å². The van der Waals surface area contributed by atoms with Gasteiger partial charge >= 0.3 is 0 Å². The van der Waals surface area contributed by atoms with Crippen LogP contribution in [0.15, 0.2) is 12.2 Å². The van der Waals surface area contributed by atoms with E-state index in [1.165, 1.54) is 0 Å². The molecule has 0 saturated carbocycles. The summed E-state index contributed by atoms with van der Waals surface area (Å²) in [7, 11) is 0. The van der Waals surface area contributed by atoms with E-state index in [0.29, 0.717) is 0 Å². The van der Waals surface area contributed by atoms with Gasteiger partial charge in [0.2, 0.25) is 0 Å². The minimum Gasteiger partial charge on any atom is -0.378 e. The van der Waals surface area contributed by atoms with Crippen LogP contribution in [0.25, 0.3) is 0 Å². The predicted molar refractivity (Wildman–Crippen MR) is 44.0 cm³/mol. The third kappa shape index (κ3) is 8.18. The Kier molecular flexibility index (Phi) is 8.34. The first-order valence-electron chi connectivity index (χ1n) is 3.20. The van der Waals surface area contributed by atoms with Gasteiger partial charge in [-0.3, -0.25) is 0 Å². The van der Waals surface area contributed by atoms with Gasteiger partial charge < -0.3 is 4.74 Å². The zero-order valence-electron chi connectivity index (χ0n) is 5.77. The first-order valence-corrected chi connectivity index (χ1v) is 4.32. The van der Waals surface area contributed by atoms with E-state index in [-0.39, 0.29) is 0 Å². The Morgan fingerprint density at radius 1 is 1.44 bits per heavy atom. The minimum absolute atomic E-state index is 0.753. The highest BCUT2D eigenvalue weighted by Gasteiger charge is 1.75. The molecular weight excluding hydrogens is 180 g/mol. The number of ether oxygens (including phenoxy) is 1. The molecule has 0 saturated heterocycles.